The molecule has 1 aliphatic carbocycles. The molecule has 0 atom stereocenters. The van der Waals surface area contributed by atoms with E-state index in [1.165, 1.54) is 53.2 Å². The molecule has 222 valence electrons. The number of ether oxygens (including phenoxy) is 2. The fraction of sp³-hybridized carbons (Fsp3) is 0.400. The Balaban J connectivity index is 1.60. The molecule has 0 spiro atoms. The fourth-order valence-electron chi connectivity index (χ4n) is 5.13. The summed E-state index contributed by atoms with van der Waals surface area (Å²) in [5, 5.41) is 0. The normalized spacial score (nSPS) is 14.9. The molecule has 1 fully saturated rings. The van der Waals surface area contributed by atoms with Crippen molar-refractivity contribution in [2.75, 3.05) is 27.8 Å². The summed E-state index contributed by atoms with van der Waals surface area (Å²) >= 11 is 0. The summed E-state index contributed by atoms with van der Waals surface area (Å²) in [5.41, 5.74) is 1.04. The second-order valence-electron chi connectivity index (χ2n) is 10.2. The van der Waals surface area contributed by atoms with Gasteiger partial charge in [-0.1, -0.05) is 43.5 Å². The van der Waals surface area contributed by atoms with Crippen LogP contribution in [0.5, 0.6) is 11.5 Å². The largest absolute Gasteiger partial charge is 0.493 e. The van der Waals surface area contributed by atoms with Gasteiger partial charge in [-0.15, -0.1) is 0 Å². The van der Waals surface area contributed by atoms with Crippen LogP contribution in [0.3, 0.4) is 0 Å². The van der Waals surface area contributed by atoms with Crippen LogP contribution in [-0.2, 0) is 33.0 Å². The minimum Gasteiger partial charge on any atom is -0.493 e. The van der Waals surface area contributed by atoms with Crippen molar-refractivity contribution in [3.63, 3.8) is 0 Å². The zero-order chi connectivity index (χ0) is 29.6. The van der Waals surface area contributed by atoms with Gasteiger partial charge in [-0.3, -0.25) is 0 Å². The molecule has 0 heterocycles. The predicted octanol–water partition coefficient (Wildman–Crippen LogP) is 5.23. The van der Waals surface area contributed by atoms with Gasteiger partial charge in [0, 0.05) is 31.7 Å². The van der Waals surface area contributed by atoms with Gasteiger partial charge in [0.05, 0.1) is 24.0 Å². The summed E-state index contributed by atoms with van der Waals surface area (Å²) in [6, 6.07) is 16.6. The average Bonchev–Trinajstić information content (AvgIpc) is 2.99. The van der Waals surface area contributed by atoms with Crippen molar-refractivity contribution in [1.82, 2.24) is 8.61 Å². The maximum Gasteiger partial charge on any atom is 0.243 e. The van der Waals surface area contributed by atoms with E-state index in [-0.39, 0.29) is 34.5 Å². The highest BCUT2D eigenvalue weighted by Gasteiger charge is 2.30. The van der Waals surface area contributed by atoms with E-state index in [1.54, 1.807) is 37.4 Å². The molecular formula is C30H37FN2O6S2. The SMILES string of the molecule is COc1ccc(CCN(Cc2ccccc2F)S(=O)(=O)c2ccc(S(=O)(=O)N(C)C3CCCCC3)cc2)cc1OC. The van der Waals surface area contributed by atoms with Gasteiger partial charge in [0.1, 0.15) is 5.82 Å². The molecule has 0 radical (unpaired) electrons. The molecule has 1 aliphatic rings. The highest BCUT2D eigenvalue weighted by molar-refractivity contribution is 7.89. The summed E-state index contributed by atoms with van der Waals surface area (Å²) in [6.07, 6.45) is 5.03. The van der Waals surface area contributed by atoms with Crippen LogP contribution in [0.2, 0.25) is 0 Å². The lowest BCUT2D eigenvalue weighted by Crippen LogP contribution is -2.38. The van der Waals surface area contributed by atoms with E-state index in [9.17, 15) is 21.2 Å². The first-order valence-corrected chi connectivity index (χ1v) is 16.5. The fourth-order valence-corrected chi connectivity index (χ4v) is 7.97. The van der Waals surface area contributed by atoms with Crippen molar-refractivity contribution < 1.29 is 30.7 Å². The molecule has 1 saturated carbocycles. The number of hydrogen-bond acceptors (Lipinski definition) is 6. The number of methoxy groups -OCH3 is 2. The first-order valence-electron chi connectivity index (χ1n) is 13.6. The minimum atomic E-state index is -4.12. The van der Waals surface area contributed by atoms with Crippen LogP contribution < -0.4 is 9.47 Å². The van der Waals surface area contributed by atoms with E-state index in [0.717, 1.165) is 37.7 Å². The van der Waals surface area contributed by atoms with E-state index < -0.39 is 25.9 Å². The smallest absolute Gasteiger partial charge is 0.243 e. The number of nitrogens with zero attached hydrogens (tertiary/aromatic N) is 2. The van der Waals surface area contributed by atoms with Crippen LogP contribution in [-0.4, -0.2) is 59.3 Å². The van der Waals surface area contributed by atoms with Gasteiger partial charge in [-0.2, -0.15) is 8.61 Å². The maximum atomic E-state index is 14.6. The molecule has 3 aromatic carbocycles. The van der Waals surface area contributed by atoms with Crippen LogP contribution >= 0.6 is 0 Å². The van der Waals surface area contributed by atoms with Gasteiger partial charge in [-0.25, -0.2) is 21.2 Å². The van der Waals surface area contributed by atoms with E-state index in [0.29, 0.717) is 17.9 Å². The van der Waals surface area contributed by atoms with E-state index in [4.69, 9.17) is 9.47 Å². The number of halogens is 1. The van der Waals surface area contributed by atoms with Crippen LogP contribution in [0, 0.1) is 5.82 Å². The van der Waals surface area contributed by atoms with Crippen molar-refractivity contribution >= 4 is 20.0 Å². The second kappa shape index (κ2) is 13.3. The summed E-state index contributed by atoms with van der Waals surface area (Å²) in [6.45, 7) is -0.136. The molecule has 0 aliphatic heterocycles. The zero-order valence-electron chi connectivity index (χ0n) is 23.6. The van der Waals surface area contributed by atoms with E-state index in [1.807, 2.05) is 6.07 Å². The zero-order valence-corrected chi connectivity index (χ0v) is 25.3. The highest BCUT2D eigenvalue weighted by atomic mass is 32.2. The Morgan fingerprint density at radius 2 is 1.41 bits per heavy atom. The molecule has 0 amide bonds. The van der Waals surface area contributed by atoms with Gasteiger partial charge in [0.15, 0.2) is 11.5 Å². The molecular weight excluding hydrogens is 567 g/mol. The Labute approximate surface area is 242 Å². The third-order valence-electron chi connectivity index (χ3n) is 7.63. The molecule has 0 aromatic heterocycles. The summed E-state index contributed by atoms with van der Waals surface area (Å²) < 4.78 is 82.0. The van der Waals surface area contributed by atoms with Gasteiger partial charge in [-0.05, 0) is 67.3 Å². The Kier molecular flexibility index (Phi) is 10.1. The third kappa shape index (κ3) is 7.09. The summed E-state index contributed by atoms with van der Waals surface area (Å²) in [5.74, 6) is 0.561. The highest BCUT2D eigenvalue weighted by Crippen LogP contribution is 2.30. The minimum absolute atomic E-state index is 0.0375. The van der Waals surface area contributed by atoms with Crippen LogP contribution in [0.1, 0.15) is 43.2 Å². The first kappa shape index (κ1) is 31.0. The van der Waals surface area contributed by atoms with Gasteiger partial charge in [0.25, 0.3) is 0 Å². The molecule has 8 nitrogen and oxygen atoms in total. The molecule has 0 N–H and O–H groups in total. The topological polar surface area (TPSA) is 93.2 Å². The molecule has 11 heteroatoms. The monoisotopic (exact) mass is 604 g/mol. The Hall–Kier alpha value is -2.99. The predicted molar refractivity (Wildman–Crippen MR) is 156 cm³/mol. The average molecular weight is 605 g/mol. The lowest BCUT2D eigenvalue weighted by Gasteiger charge is -2.30. The first-order chi connectivity index (χ1) is 19.6. The van der Waals surface area contributed by atoms with Gasteiger partial charge < -0.3 is 9.47 Å². The quantitative estimate of drug-likeness (QED) is 0.281. The lowest BCUT2D eigenvalue weighted by atomic mass is 9.96. The van der Waals surface area contributed by atoms with Crippen molar-refractivity contribution in [2.45, 2.75) is 60.9 Å². The Morgan fingerprint density at radius 1 is 0.805 bits per heavy atom. The maximum absolute atomic E-state index is 14.6. The van der Waals surface area contributed by atoms with Crippen molar-refractivity contribution in [2.24, 2.45) is 0 Å². The van der Waals surface area contributed by atoms with Crippen LogP contribution in [0.25, 0.3) is 0 Å². The number of hydrogen-bond donors (Lipinski definition) is 0. The Bertz CT molecular complexity index is 1540. The van der Waals surface area contributed by atoms with Gasteiger partial charge >= 0.3 is 0 Å². The molecule has 0 saturated heterocycles. The number of rotatable bonds is 12. The van der Waals surface area contributed by atoms with Crippen LogP contribution in [0.15, 0.2) is 76.5 Å². The number of benzene rings is 3. The van der Waals surface area contributed by atoms with Crippen molar-refractivity contribution in [3.05, 3.63) is 83.7 Å². The summed E-state index contributed by atoms with van der Waals surface area (Å²) in [4.78, 5) is -0.0316. The third-order valence-corrected chi connectivity index (χ3v) is 11.4. The van der Waals surface area contributed by atoms with Crippen molar-refractivity contribution in [3.8, 4) is 11.5 Å². The number of sulfonamides is 2. The summed E-state index contributed by atoms with van der Waals surface area (Å²) in [7, 11) is -3.26. The van der Waals surface area contributed by atoms with E-state index in [2.05, 4.69) is 0 Å². The molecule has 0 unspecified atom stereocenters. The van der Waals surface area contributed by atoms with E-state index >= 15 is 0 Å². The lowest BCUT2D eigenvalue weighted by molar-refractivity contribution is 0.286. The molecule has 41 heavy (non-hydrogen) atoms. The molecule has 3 aromatic rings. The molecule has 0 bridgehead atoms. The second-order valence-corrected chi connectivity index (χ2v) is 14.1. The van der Waals surface area contributed by atoms with Crippen molar-refractivity contribution in [1.29, 1.82) is 0 Å². The van der Waals surface area contributed by atoms with Gasteiger partial charge in [0.2, 0.25) is 20.0 Å². The standard InChI is InChI=1S/C30H37FN2O6S2/c1-32(25-10-5-4-6-11-25)40(34,35)26-14-16-27(17-15-26)41(36,37)33(22-24-9-7-8-12-28(24)31)20-19-23-13-18-29(38-2)30(21-23)39-3/h7-9,12-18,21,25H,4-6,10-11,19-20,22H2,1-3H3. The van der Waals surface area contributed by atoms with Crippen LogP contribution in [0.4, 0.5) is 4.39 Å². The molecule has 4 rings (SSSR count). The Morgan fingerprint density at radius 3 is 2.02 bits per heavy atom.